The summed E-state index contributed by atoms with van der Waals surface area (Å²) in [7, 11) is 0. The Morgan fingerprint density at radius 2 is 1.60 bits per heavy atom. The van der Waals surface area contributed by atoms with Gasteiger partial charge in [-0.15, -0.1) is 11.3 Å². The summed E-state index contributed by atoms with van der Waals surface area (Å²) in [6.45, 7) is 2.93. The number of carbonyl (C=O) groups excluding carboxylic acids is 3. The number of hydrogen-bond donors (Lipinski definition) is 2. The van der Waals surface area contributed by atoms with Crippen LogP contribution in [0.3, 0.4) is 0 Å². The number of amides is 2. The second-order valence-corrected chi connectivity index (χ2v) is 9.98. The molecule has 4 aromatic rings. The van der Waals surface area contributed by atoms with Gasteiger partial charge in [-0.2, -0.15) is 0 Å². The highest BCUT2D eigenvalue weighted by atomic mass is 32.2. The van der Waals surface area contributed by atoms with Gasteiger partial charge in [-0.3, -0.25) is 9.59 Å². The summed E-state index contributed by atoms with van der Waals surface area (Å²) in [5.74, 6) is -0.467. The number of ether oxygens (including phenoxy) is 1. The number of benzene rings is 3. The number of hydrogen-bond acceptors (Lipinski definition) is 7. The number of anilines is 2. The summed E-state index contributed by atoms with van der Waals surface area (Å²) in [6, 6.07) is 21.8. The average Bonchev–Trinajstić information content (AvgIpc) is 3.27. The fourth-order valence-corrected chi connectivity index (χ4v) is 5.19. The molecule has 3 aromatic carbocycles. The second kappa shape index (κ2) is 11.2. The third kappa shape index (κ3) is 6.68. The summed E-state index contributed by atoms with van der Waals surface area (Å²) >= 11 is 3.31. The van der Waals surface area contributed by atoms with Crippen molar-refractivity contribution in [2.75, 3.05) is 10.6 Å². The van der Waals surface area contributed by atoms with E-state index in [1.807, 2.05) is 30.3 Å². The first-order valence-corrected chi connectivity index (χ1v) is 12.6. The normalized spacial score (nSPS) is 11.6. The monoisotopic (exact) mass is 505 g/mol. The number of nitrogens with one attached hydrogen (secondary N) is 2. The second-order valence-electron chi connectivity index (χ2n) is 7.73. The number of thioether (sulfide) groups is 1. The maximum absolute atomic E-state index is 12.5. The number of aromatic nitrogens is 1. The van der Waals surface area contributed by atoms with E-state index >= 15 is 0 Å². The molecule has 9 heteroatoms. The van der Waals surface area contributed by atoms with Crippen molar-refractivity contribution in [3.63, 3.8) is 0 Å². The zero-order valence-corrected chi connectivity index (χ0v) is 20.7. The number of para-hydroxylation sites is 1. The Balaban J connectivity index is 1.27. The Morgan fingerprint density at radius 3 is 2.26 bits per heavy atom. The summed E-state index contributed by atoms with van der Waals surface area (Å²) in [5, 5.41) is 5.35. The van der Waals surface area contributed by atoms with Crippen LogP contribution in [0.1, 0.15) is 29.8 Å². The number of fused-ring (bicyclic) bond motifs is 1. The molecule has 1 unspecified atom stereocenters. The lowest BCUT2D eigenvalue weighted by Gasteiger charge is -2.14. The maximum atomic E-state index is 12.5. The van der Waals surface area contributed by atoms with Gasteiger partial charge in [-0.1, -0.05) is 36.0 Å². The average molecular weight is 506 g/mol. The number of nitrogens with zero attached hydrogens (tertiary/aromatic N) is 1. The molecule has 0 aliphatic heterocycles. The molecule has 1 heterocycles. The van der Waals surface area contributed by atoms with Crippen LogP contribution >= 0.6 is 23.1 Å². The van der Waals surface area contributed by atoms with E-state index in [1.165, 1.54) is 13.8 Å². The third-order valence-electron chi connectivity index (χ3n) is 4.95. The number of thiazole rings is 1. The minimum absolute atomic E-state index is 0.178. The molecule has 0 bridgehead atoms. The summed E-state index contributed by atoms with van der Waals surface area (Å²) < 4.78 is 7.49. The van der Waals surface area contributed by atoms with Crippen LogP contribution in [0.5, 0.6) is 0 Å². The minimum atomic E-state index is -0.980. The van der Waals surface area contributed by atoms with E-state index in [0.717, 1.165) is 25.9 Å². The highest BCUT2D eigenvalue weighted by Gasteiger charge is 2.19. The highest BCUT2D eigenvalue weighted by molar-refractivity contribution is 8.00. The smallest absolute Gasteiger partial charge is 0.338 e. The van der Waals surface area contributed by atoms with Gasteiger partial charge in [0.2, 0.25) is 5.91 Å². The SMILES string of the molecule is CC(=O)Nc1ccc(NC(=O)C(C)OC(=O)c2ccc(CSc3nc4ccccc4s3)cc2)cc1. The van der Waals surface area contributed by atoms with Crippen molar-refractivity contribution >= 4 is 62.5 Å². The predicted octanol–water partition coefficient (Wildman–Crippen LogP) is 5.73. The van der Waals surface area contributed by atoms with Crippen molar-refractivity contribution in [2.45, 2.75) is 30.0 Å². The van der Waals surface area contributed by atoms with Gasteiger partial charge in [-0.25, -0.2) is 9.78 Å². The van der Waals surface area contributed by atoms with Crippen LogP contribution in [0.4, 0.5) is 11.4 Å². The van der Waals surface area contributed by atoms with E-state index in [0.29, 0.717) is 16.9 Å². The minimum Gasteiger partial charge on any atom is -0.449 e. The first-order chi connectivity index (χ1) is 16.9. The van der Waals surface area contributed by atoms with Crippen molar-refractivity contribution in [1.82, 2.24) is 4.98 Å². The van der Waals surface area contributed by atoms with Crippen molar-refractivity contribution in [2.24, 2.45) is 0 Å². The van der Waals surface area contributed by atoms with E-state index in [4.69, 9.17) is 4.74 Å². The molecule has 0 spiro atoms. The fraction of sp³-hybridized carbons (Fsp3) is 0.154. The Morgan fingerprint density at radius 1 is 0.943 bits per heavy atom. The first kappa shape index (κ1) is 24.4. The van der Waals surface area contributed by atoms with Gasteiger partial charge in [0.15, 0.2) is 10.4 Å². The molecule has 7 nitrogen and oxygen atoms in total. The molecule has 2 N–H and O–H groups in total. The van der Waals surface area contributed by atoms with Crippen molar-refractivity contribution in [3.8, 4) is 0 Å². The number of esters is 1. The number of rotatable bonds is 8. The molecule has 0 fully saturated rings. The van der Waals surface area contributed by atoms with Gasteiger partial charge in [0, 0.05) is 24.1 Å². The molecule has 2 amide bonds. The van der Waals surface area contributed by atoms with Crippen LogP contribution < -0.4 is 10.6 Å². The topological polar surface area (TPSA) is 97.4 Å². The molecular formula is C26H23N3O4S2. The molecule has 1 aromatic heterocycles. The Labute approximate surface area is 210 Å². The van der Waals surface area contributed by atoms with Gasteiger partial charge in [0.1, 0.15) is 0 Å². The molecule has 4 rings (SSSR count). The van der Waals surface area contributed by atoms with Crippen LogP contribution in [0.15, 0.2) is 77.1 Å². The van der Waals surface area contributed by atoms with Gasteiger partial charge in [0.25, 0.3) is 5.91 Å². The molecule has 178 valence electrons. The maximum Gasteiger partial charge on any atom is 0.338 e. The molecule has 0 aliphatic rings. The molecule has 0 saturated heterocycles. The quantitative estimate of drug-likeness (QED) is 0.234. The first-order valence-electron chi connectivity index (χ1n) is 10.8. The summed E-state index contributed by atoms with van der Waals surface area (Å²) in [6.07, 6.45) is -0.980. The fourth-order valence-electron chi connectivity index (χ4n) is 3.16. The van der Waals surface area contributed by atoms with Crippen LogP contribution in [0.25, 0.3) is 10.2 Å². The van der Waals surface area contributed by atoms with Crippen molar-refractivity contribution in [1.29, 1.82) is 0 Å². The molecule has 0 saturated carbocycles. The number of carbonyl (C=O) groups is 3. The highest BCUT2D eigenvalue weighted by Crippen LogP contribution is 2.31. The Hall–Kier alpha value is -3.69. The van der Waals surface area contributed by atoms with Gasteiger partial charge in [-0.05, 0) is 61.0 Å². The van der Waals surface area contributed by atoms with E-state index < -0.39 is 18.0 Å². The molecule has 0 aliphatic carbocycles. The standard InChI is InChI=1S/C26H23N3O4S2/c1-16(24(31)28-21-13-11-20(12-14-21)27-17(2)30)33-25(32)19-9-7-18(8-10-19)15-34-26-29-22-5-3-4-6-23(22)35-26/h3-14,16H,15H2,1-2H3,(H,27,30)(H,28,31). The van der Waals surface area contributed by atoms with Crippen LogP contribution in [0.2, 0.25) is 0 Å². The largest absolute Gasteiger partial charge is 0.449 e. The van der Waals surface area contributed by atoms with E-state index in [2.05, 4.69) is 21.7 Å². The van der Waals surface area contributed by atoms with Crippen LogP contribution in [-0.4, -0.2) is 28.9 Å². The Kier molecular flexibility index (Phi) is 7.79. The van der Waals surface area contributed by atoms with E-state index in [1.54, 1.807) is 59.5 Å². The summed E-state index contributed by atoms with van der Waals surface area (Å²) in [5.41, 5.74) is 3.58. The lowest BCUT2D eigenvalue weighted by atomic mass is 10.1. The molecule has 35 heavy (non-hydrogen) atoms. The lowest BCUT2D eigenvalue weighted by Crippen LogP contribution is -2.30. The van der Waals surface area contributed by atoms with Crippen LogP contribution in [0, 0.1) is 0 Å². The van der Waals surface area contributed by atoms with Gasteiger partial charge in [0.05, 0.1) is 15.8 Å². The van der Waals surface area contributed by atoms with Gasteiger partial charge >= 0.3 is 5.97 Å². The van der Waals surface area contributed by atoms with Crippen LogP contribution in [-0.2, 0) is 20.1 Å². The zero-order chi connectivity index (χ0) is 24.8. The summed E-state index contributed by atoms with van der Waals surface area (Å²) in [4.78, 5) is 40.6. The third-order valence-corrected chi connectivity index (χ3v) is 7.20. The van der Waals surface area contributed by atoms with Gasteiger partial charge < -0.3 is 15.4 Å². The van der Waals surface area contributed by atoms with E-state index in [-0.39, 0.29) is 5.91 Å². The predicted molar refractivity (Wildman–Crippen MR) is 140 cm³/mol. The Bertz CT molecular complexity index is 1320. The van der Waals surface area contributed by atoms with E-state index in [9.17, 15) is 14.4 Å². The zero-order valence-electron chi connectivity index (χ0n) is 19.1. The van der Waals surface area contributed by atoms with Crippen molar-refractivity contribution < 1.29 is 19.1 Å². The molecular weight excluding hydrogens is 482 g/mol. The molecule has 1 atom stereocenters. The lowest BCUT2D eigenvalue weighted by molar-refractivity contribution is -0.123. The molecule has 0 radical (unpaired) electrons. The van der Waals surface area contributed by atoms with Crippen molar-refractivity contribution in [3.05, 3.63) is 83.9 Å².